The molecule has 1 N–H and O–H groups in total. The maximum Gasteiger partial charge on any atom is 0.417 e. The smallest absolute Gasteiger partial charge is 0.417 e. The standard InChI is InChI=1S/C21H23F5N4O2/c1-14(19(31)28-16-5-2-3-6-17(16)32-20(22)23)29-9-4-10-30(12-11-29)18-8-7-15(13-27-18)21(24,25)26/h2-3,5-8,13-14,20H,4,9-12H2,1H3,(H,28,31). The first kappa shape index (κ1) is 23.7. The molecule has 174 valence electrons. The topological polar surface area (TPSA) is 57.7 Å². The van der Waals surface area contributed by atoms with Gasteiger partial charge in [0.15, 0.2) is 0 Å². The largest absolute Gasteiger partial charge is 0.433 e. The molecule has 1 saturated heterocycles. The monoisotopic (exact) mass is 458 g/mol. The fourth-order valence-corrected chi connectivity index (χ4v) is 3.47. The molecule has 0 bridgehead atoms. The zero-order chi connectivity index (χ0) is 23.3. The van der Waals surface area contributed by atoms with Gasteiger partial charge in [-0.25, -0.2) is 4.98 Å². The Morgan fingerprint density at radius 3 is 2.50 bits per heavy atom. The first-order valence-electron chi connectivity index (χ1n) is 10.0. The highest BCUT2D eigenvalue weighted by Gasteiger charge is 2.31. The van der Waals surface area contributed by atoms with E-state index >= 15 is 0 Å². The zero-order valence-electron chi connectivity index (χ0n) is 17.3. The molecule has 0 spiro atoms. The number of carbonyl (C=O) groups excluding carboxylic acids is 1. The summed E-state index contributed by atoms with van der Waals surface area (Å²) in [5.41, 5.74) is -0.658. The Morgan fingerprint density at radius 2 is 1.84 bits per heavy atom. The van der Waals surface area contributed by atoms with Crippen LogP contribution >= 0.6 is 0 Å². The third-order valence-corrected chi connectivity index (χ3v) is 5.22. The number of nitrogens with zero attached hydrogens (tertiary/aromatic N) is 3. The van der Waals surface area contributed by atoms with E-state index in [4.69, 9.17) is 0 Å². The number of anilines is 2. The Labute approximate surface area is 182 Å². The highest BCUT2D eigenvalue weighted by molar-refractivity contribution is 5.95. The van der Waals surface area contributed by atoms with Crippen LogP contribution in [0.25, 0.3) is 0 Å². The number of alkyl halides is 5. The van der Waals surface area contributed by atoms with Crippen LogP contribution in [-0.4, -0.2) is 54.6 Å². The van der Waals surface area contributed by atoms with Gasteiger partial charge in [-0.1, -0.05) is 12.1 Å². The summed E-state index contributed by atoms with van der Waals surface area (Å²) in [5.74, 6) is -0.0649. The Bertz CT molecular complexity index is 908. The lowest BCUT2D eigenvalue weighted by Crippen LogP contribution is -2.44. The molecule has 32 heavy (non-hydrogen) atoms. The molecule has 0 radical (unpaired) electrons. The van der Waals surface area contributed by atoms with Crippen LogP contribution in [0.1, 0.15) is 18.9 Å². The molecule has 0 aliphatic carbocycles. The van der Waals surface area contributed by atoms with Crippen molar-refractivity contribution in [2.75, 3.05) is 36.4 Å². The molecular formula is C21H23F5N4O2. The molecule has 1 aromatic carbocycles. The van der Waals surface area contributed by atoms with Crippen LogP contribution in [0, 0.1) is 0 Å². The fraction of sp³-hybridized carbons (Fsp3) is 0.429. The highest BCUT2D eigenvalue weighted by Crippen LogP contribution is 2.30. The minimum absolute atomic E-state index is 0.126. The lowest BCUT2D eigenvalue weighted by atomic mass is 10.2. The number of carbonyl (C=O) groups is 1. The Kier molecular flexibility index (Phi) is 7.49. The van der Waals surface area contributed by atoms with E-state index in [1.54, 1.807) is 13.0 Å². The molecule has 0 saturated carbocycles. The number of amides is 1. The molecule has 11 heteroatoms. The molecule has 1 amide bonds. The van der Waals surface area contributed by atoms with Gasteiger partial charge in [0.25, 0.3) is 0 Å². The summed E-state index contributed by atoms with van der Waals surface area (Å²) in [4.78, 5) is 20.5. The molecule has 1 aliphatic rings. The van der Waals surface area contributed by atoms with Crippen molar-refractivity contribution in [2.24, 2.45) is 0 Å². The third kappa shape index (κ3) is 6.06. The molecule has 3 rings (SSSR count). The fourth-order valence-electron chi connectivity index (χ4n) is 3.47. The van der Waals surface area contributed by atoms with Gasteiger partial charge in [-0.05, 0) is 37.6 Å². The Balaban J connectivity index is 1.61. The number of ether oxygens (including phenoxy) is 1. The van der Waals surface area contributed by atoms with E-state index in [0.717, 1.165) is 12.3 Å². The Hall–Kier alpha value is -2.95. The van der Waals surface area contributed by atoms with Gasteiger partial charge in [0.05, 0.1) is 17.3 Å². The third-order valence-electron chi connectivity index (χ3n) is 5.22. The number of benzene rings is 1. The first-order valence-corrected chi connectivity index (χ1v) is 10.0. The molecule has 1 aromatic heterocycles. The second-order valence-corrected chi connectivity index (χ2v) is 7.32. The summed E-state index contributed by atoms with van der Waals surface area (Å²) in [5, 5.41) is 2.63. The summed E-state index contributed by atoms with van der Waals surface area (Å²) >= 11 is 0. The van der Waals surface area contributed by atoms with Crippen molar-refractivity contribution in [3.8, 4) is 5.75 Å². The SMILES string of the molecule is CC(C(=O)Nc1ccccc1OC(F)F)N1CCCN(c2ccc(C(F)(F)F)cn2)CC1. The van der Waals surface area contributed by atoms with Gasteiger partial charge in [0, 0.05) is 32.4 Å². The normalized spacial score (nSPS) is 16.5. The molecule has 1 aliphatic heterocycles. The molecule has 1 unspecified atom stereocenters. The average molecular weight is 458 g/mol. The van der Waals surface area contributed by atoms with Gasteiger partial charge in [-0.2, -0.15) is 22.0 Å². The van der Waals surface area contributed by atoms with Gasteiger partial charge in [0.2, 0.25) is 5.91 Å². The quantitative estimate of drug-likeness (QED) is 0.657. The summed E-state index contributed by atoms with van der Waals surface area (Å²) < 4.78 is 67.8. The molecular weight excluding hydrogens is 435 g/mol. The molecule has 1 fully saturated rings. The number of rotatable bonds is 6. The van der Waals surface area contributed by atoms with Crippen LogP contribution in [0.4, 0.5) is 33.5 Å². The predicted molar refractivity (Wildman–Crippen MR) is 109 cm³/mol. The lowest BCUT2D eigenvalue weighted by molar-refractivity contribution is -0.137. The van der Waals surface area contributed by atoms with E-state index in [1.807, 2.05) is 9.80 Å². The lowest BCUT2D eigenvalue weighted by Gasteiger charge is -2.27. The van der Waals surface area contributed by atoms with Gasteiger partial charge in [-0.3, -0.25) is 9.69 Å². The number of hydrogen-bond donors (Lipinski definition) is 1. The average Bonchev–Trinajstić information content (AvgIpc) is 3.00. The van der Waals surface area contributed by atoms with Gasteiger partial charge in [0.1, 0.15) is 11.6 Å². The van der Waals surface area contributed by atoms with Gasteiger partial charge >= 0.3 is 12.8 Å². The highest BCUT2D eigenvalue weighted by atomic mass is 19.4. The van der Waals surface area contributed by atoms with Crippen LogP contribution in [0.15, 0.2) is 42.6 Å². The van der Waals surface area contributed by atoms with Crippen LogP contribution in [0.5, 0.6) is 5.75 Å². The Morgan fingerprint density at radius 1 is 1.09 bits per heavy atom. The second kappa shape index (κ2) is 10.1. The number of aromatic nitrogens is 1. The van der Waals surface area contributed by atoms with E-state index in [1.165, 1.54) is 24.3 Å². The number of halogens is 5. The summed E-state index contributed by atoms with van der Waals surface area (Å²) in [7, 11) is 0. The van der Waals surface area contributed by atoms with Crippen molar-refractivity contribution in [3.05, 3.63) is 48.2 Å². The summed E-state index contributed by atoms with van der Waals surface area (Å²) in [6, 6.07) is 7.72. The first-order chi connectivity index (χ1) is 15.1. The van der Waals surface area contributed by atoms with E-state index in [0.29, 0.717) is 38.4 Å². The van der Waals surface area contributed by atoms with Crippen molar-refractivity contribution in [1.29, 1.82) is 0 Å². The van der Waals surface area contributed by atoms with Gasteiger partial charge < -0.3 is 15.0 Å². The second-order valence-electron chi connectivity index (χ2n) is 7.32. The minimum atomic E-state index is -4.44. The number of para-hydroxylation sites is 2. The van der Waals surface area contributed by atoms with E-state index in [9.17, 15) is 26.7 Å². The molecule has 2 aromatic rings. The summed E-state index contributed by atoms with van der Waals surface area (Å²) in [6.07, 6.45) is -2.96. The van der Waals surface area contributed by atoms with Crippen molar-refractivity contribution in [3.63, 3.8) is 0 Å². The predicted octanol–water partition coefficient (Wildman–Crippen LogP) is 4.24. The molecule has 6 nitrogen and oxygen atoms in total. The zero-order valence-corrected chi connectivity index (χ0v) is 17.3. The molecule has 1 atom stereocenters. The number of hydrogen-bond acceptors (Lipinski definition) is 5. The summed E-state index contributed by atoms with van der Waals surface area (Å²) in [6.45, 7) is 0.807. The maximum absolute atomic E-state index is 12.7. The van der Waals surface area contributed by atoms with E-state index in [2.05, 4.69) is 15.0 Å². The number of nitrogens with one attached hydrogen (secondary N) is 1. The maximum atomic E-state index is 12.7. The van der Waals surface area contributed by atoms with Crippen molar-refractivity contribution >= 4 is 17.4 Å². The molecule has 2 heterocycles. The van der Waals surface area contributed by atoms with Crippen LogP contribution in [0.2, 0.25) is 0 Å². The van der Waals surface area contributed by atoms with E-state index in [-0.39, 0.29) is 17.3 Å². The van der Waals surface area contributed by atoms with Crippen molar-refractivity contribution in [1.82, 2.24) is 9.88 Å². The van der Waals surface area contributed by atoms with Gasteiger partial charge in [-0.15, -0.1) is 0 Å². The number of pyridine rings is 1. The van der Waals surface area contributed by atoms with E-state index < -0.39 is 24.4 Å². The van der Waals surface area contributed by atoms with Crippen LogP contribution in [-0.2, 0) is 11.0 Å². The minimum Gasteiger partial charge on any atom is -0.433 e. The van der Waals surface area contributed by atoms with Crippen molar-refractivity contribution < 1.29 is 31.5 Å². The van der Waals surface area contributed by atoms with Crippen LogP contribution in [0.3, 0.4) is 0 Å². The van der Waals surface area contributed by atoms with Crippen LogP contribution < -0.4 is 15.0 Å². The van der Waals surface area contributed by atoms with Crippen molar-refractivity contribution in [2.45, 2.75) is 32.2 Å².